The highest BCUT2D eigenvalue weighted by Gasteiger charge is 2.08. The molecule has 0 amide bonds. The Bertz CT molecular complexity index is 395. The fourth-order valence-corrected chi connectivity index (χ4v) is 1.31. The highest BCUT2D eigenvalue weighted by Crippen LogP contribution is 2.17. The van der Waals surface area contributed by atoms with Gasteiger partial charge in [0.05, 0.1) is 4.92 Å². The van der Waals surface area contributed by atoms with Gasteiger partial charge in [-0.2, -0.15) is 0 Å². The minimum absolute atomic E-state index is 0.0720. The third kappa shape index (κ3) is 4.96. The molecule has 0 heterocycles. The van der Waals surface area contributed by atoms with Crippen molar-refractivity contribution in [3.05, 3.63) is 34.4 Å². The van der Waals surface area contributed by atoms with E-state index in [1.54, 1.807) is 0 Å². The van der Waals surface area contributed by atoms with Crippen LogP contribution in [0.15, 0.2) is 24.3 Å². The number of non-ortho nitro benzene ring substituents is 1. The number of carbonyl (C=O) groups excluding carboxylic acids is 1. The van der Waals surface area contributed by atoms with Gasteiger partial charge in [0.25, 0.3) is 5.69 Å². The highest BCUT2D eigenvalue weighted by molar-refractivity contribution is 8.68. The Kier molecular flexibility index (Phi) is 5.64. The first-order valence-electron chi connectivity index (χ1n) is 4.49. The van der Waals surface area contributed by atoms with Gasteiger partial charge in [-0.15, -0.1) is 11.7 Å². The van der Waals surface area contributed by atoms with Crippen LogP contribution < -0.4 is 4.74 Å². The van der Waals surface area contributed by atoms with Gasteiger partial charge in [0.2, 0.25) is 0 Å². The third-order valence-corrected chi connectivity index (χ3v) is 2.54. The lowest BCUT2D eigenvalue weighted by molar-refractivity contribution is -0.384. The molecule has 0 bridgehead atoms. The number of rotatable bonds is 5. The summed E-state index contributed by atoms with van der Waals surface area (Å²) >= 11 is 3.87. The minimum atomic E-state index is -0.846. The second-order valence-corrected chi connectivity index (χ2v) is 4.23. The maximum Gasteiger partial charge on any atom is 0.513 e. The number of hydrogen-bond donors (Lipinski definition) is 1. The zero-order valence-electron chi connectivity index (χ0n) is 8.57. The van der Waals surface area contributed by atoms with Crippen molar-refractivity contribution in [3.63, 3.8) is 0 Å². The number of carbonyl (C=O) groups is 1. The van der Waals surface area contributed by atoms with Crippen molar-refractivity contribution >= 4 is 34.3 Å². The standard InChI is InChI=1S/C9H9NO5S2/c11-9(14-5-6-17-16)15-8-3-1-7(2-4-8)10(12)13/h1-4,16H,5-6H2. The quantitative estimate of drug-likeness (QED) is 0.169. The van der Waals surface area contributed by atoms with E-state index in [0.29, 0.717) is 5.75 Å². The topological polar surface area (TPSA) is 78.7 Å². The highest BCUT2D eigenvalue weighted by atomic mass is 33.1. The molecule has 0 radical (unpaired) electrons. The minimum Gasteiger partial charge on any atom is -0.433 e. The first kappa shape index (κ1) is 13.7. The monoisotopic (exact) mass is 275 g/mol. The maximum atomic E-state index is 11.1. The maximum absolute atomic E-state index is 11.1. The molecule has 0 aromatic heterocycles. The average molecular weight is 275 g/mol. The molecule has 1 aromatic rings. The Morgan fingerprint density at radius 2 is 2.06 bits per heavy atom. The molecular weight excluding hydrogens is 266 g/mol. The lowest BCUT2D eigenvalue weighted by atomic mass is 10.3. The predicted octanol–water partition coefficient (Wildman–Crippen LogP) is 2.69. The molecule has 0 N–H and O–H groups in total. The van der Waals surface area contributed by atoms with Gasteiger partial charge in [-0.3, -0.25) is 10.1 Å². The fraction of sp³-hybridized carbons (Fsp3) is 0.222. The molecule has 0 aliphatic carbocycles. The van der Waals surface area contributed by atoms with E-state index in [1.807, 2.05) is 0 Å². The van der Waals surface area contributed by atoms with Crippen LogP contribution in [0.2, 0.25) is 0 Å². The average Bonchev–Trinajstić information content (AvgIpc) is 2.30. The van der Waals surface area contributed by atoms with Crippen LogP contribution in [0.25, 0.3) is 0 Å². The van der Waals surface area contributed by atoms with Gasteiger partial charge in [0.15, 0.2) is 0 Å². The van der Waals surface area contributed by atoms with Crippen LogP contribution in [-0.2, 0) is 4.74 Å². The summed E-state index contributed by atoms with van der Waals surface area (Å²) in [5.41, 5.74) is -0.0720. The van der Waals surface area contributed by atoms with Crippen LogP contribution in [0, 0.1) is 10.1 Å². The molecule has 0 spiro atoms. The second-order valence-electron chi connectivity index (χ2n) is 2.78. The lowest BCUT2D eigenvalue weighted by Crippen LogP contribution is -2.12. The van der Waals surface area contributed by atoms with Crippen molar-refractivity contribution in [3.8, 4) is 5.75 Å². The Morgan fingerprint density at radius 1 is 1.41 bits per heavy atom. The molecule has 0 saturated heterocycles. The zero-order chi connectivity index (χ0) is 12.7. The number of benzene rings is 1. The summed E-state index contributed by atoms with van der Waals surface area (Å²) in [7, 11) is 1.24. The molecule has 0 atom stereocenters. The molecule has 8 heteroatoms. The summed E-state index contributed by atoms with van der Waals surface area (Å²) < 4.78 is 9.48. The van der Waals surface area contributed by atoms with Crippen LogP contribution in [0.4, 0.5) is 10.5 Å². The Labute approximate surface area is 106 Å². The first-order valence-corrected chi connectivity index (χ1v) is 6.52. The molecule has 0 aliphatic rings. The van der Waals surface area contributed by atoms with Crippen LogP contribution in [0.5, 0.6) is 5.75 Å². The van der Waals surface area contributed by atoms with Gasteiger partial charge in [-0.25, -0.2) is 4.79 Å². The van der Waals surface area contributed by atoms with Crippen LogP contribution >= 0.6 is 22.5 Å². The van der Waals surface area contributed by atoms with Gasteiger partial charge >= 0.3 is 6.16 Å². The molecule has 1 aromatic carbocycles. The zero-order valence-corrected chi connectivity index (χ0v) is 10.3. The van der Waals surface area contributed by atoms with Crippen molar-refractivity contribution in [1.29, 1.82) is 0 Å². The van der Waals surface area contributed by atoms with Gasteiger partial charge in [-0.1, -0.05) is 10.8 Å². The van der Waals surface area contributed by atoms with Crippen LogP contribution in [0.3, 0.4) is 0 Å². The Balaban J connectivity index is 2.46. The number of hydrogen-bond acceptors (Lipinski definition) is 7. The van der Waals surface area contributed by atoms with Crippen molar-refractivity contribution in [1.82, 2.24) is 0 Å². The second kappa shape index (κ2) is 7.02. The van der Waals surface area contributed by atoms with E-state index in [1.165, 1.54) is 35.1 Å². The number of nitrogens with zero attached hydrogens (tertiary/aromatic N) is 1. The summed E-state index contributed by atoms with van der Waals surface area (Å²) in [6, 6.07) is 5.14. The largest absolute Gasteiger partial charge is 0.513 e. The van der Waals surface area contributed by atoms with E-state index < -0.39 is 11.1 Å². The number of nitro benzene ring substituents is 1. The third-order valence-electron chi connectivity index (χ3n) is 1.64. The Morgan fingerprint density at radius 3 is 2.59 bits per heavy atom. The van der Waals surface area contributed by atoms with Crippen molar-refractivity contribution in [2.45, 2.75) is 0 Å². The molecule has 0 aliphatic heterocycles. The van der Waals surface area contributed by atoms with Crippen LogP contribution in [-0.4, -0.2) is 23.4 Å². The summed E-state index contributed by atoms with van der Waals surface area (Å²) in [4.78, 5) is 20.9. The van der Waals surface area contributed by atoms with Crippen molar-refractivity contribution < 1.29 is 19.2 Å². The number of ether oxygens (including phenoxy) is 2. The number of nitro groups is 1. The smallest absolute Gasteiger partial charge is 0.433 e. The predicted molar refractivity (Wildman–Crippen MR) is 66.5 cm³/mol. The SMILES string of the molecule is O=C(OCCSS)Oc1ccc([N+](=O)[O-])cc1. The molecule has 0 saturated carbocycles. The van der Waals surface area contributed by atoms with Gasteiger partial charge in [0.1, 0.15) is 12.4 Å². The van der Waals surface area contributed by atoms with E-state index >= 15 is 0 Å². The normalized spacial score (nSPS) is 9.71. The molecular formula is C9H9NO5S2. The van der Waals surface area contributed by atoms with E-state index in [4.69, 9.17) is 9.47 Å². The molecule has 17 heavy (non-hydrogen) atoms. The van der Waals surface area contributed by atoms with Crippen molar-refractivity contribution in [2.75, 3.05) is 12.4 Å². The molecule has 0 unspecified atom stereocenters. The van der Waals surface area contributed by atoms with E-state index in [9.17, 15) is 14.9 Å². The van der Waals surface area contributed by atoms with E-state index in [2.05, 4.69) is 11.7 Å². The summed E-state index contributed by atoms with van der Waals surface area (Å²) in [5.74, 6) is 0.748. The van der Waals surface area contributed by atoms with Gasteiger partial charge in [-0.05, 0) is 12.1 Å². The Hall–Kier alpha value is -1.41. The first-order chi connectivity index (χ1) is 8.13. The van der Waals surface area contributed by atoms with Gasteiger partial charge < -0.3 is 9.47 Å². The van der Waals surface area contributed by atoms with Crippen LogP contribution in [0.1, 0.15) is 0 Å². The molecule has 0 fully saturated rings. The fourth-order valence-electron chi connectivity index (χ4n) is 0.924. The molecule has 1 rings (SSSR count). The van der Waals surface area contributed by atoms with Crippen molar-refractivity contribution in [2.24, 2.45) is 0 Å². The molecule has 6 nitrogen and oxygen atoms in total. The lowest BCUT2D eigenvalue weighted by Gasteiger charge is -2.04. The molecule has 92 valence electrons. The van der Waals surface area contributed by atoms with Gasteiger partial charge in [0, 0.05) is 17.9 Å². The number of thiol groups is 1. The summed E-state index contributed by atoms with van der Waals surface area (Å²) in [6.07, 6.45) is -0.846. The van der Waals surface area contributed by atoms with E-state index in [-0.39, 0.29) is 18.0 Å². The summed E-state index contributed by atoms with van der Waals surface area (Å²) in [6.45, 7) is 0.194. The summed E-state index contributed by atoms with van der Waals surface area (Å²) in [5, 5.41) is 10.4. The van der Waals surface area contributed by atoms with E-state index in [0.717, 1.165) is 0 Å².